The van der Waals surface area contributed by atoms with E-state index in [1.54, 1.807) is 4.68 Å². The smallest absolute Gasteiger partial charge is 0.304 e. The van der Waals surface area contributed by atoms with Gasteiger partial charge in [0.05, 0.1) is 11.9 Å². The number of aryl methyl sites for hydroxylation is 4. The van der Waals surface area contributed by atoms with E-state index in [1.165, 1.54) is 22.3 Å². The first-order valence-corrected chi connectivity index (χ1v) is 13.3. The molecule has 4 N–H and O–H groups in total. The highest BCUT2D eigenvalue weighted by Crippen LogP contribution is 2.35. The molecule has 3 aromatic carbocycles. The van der Waals surface area contributed by atoms with E-state index in [2.05, 4.69) is 72.4 Å². The molecule has 8 nitrogen and oxygen atoms in total. The predicted octanol–water partition coefficient (Wildman–Crippen LogP) is 5.84. The number of hydrogen-bond acceptors (Lipinski definition) is 6. The number of carboxylic acids is 1. The van der Waals surface area contributed by atoms with Gasteiger partial charge in [0.2, 0.25) is 0 Å². The average Bonchev–Trinajstić information content (AvgIpc) is 3.17. The van der Waals surface area contributed by atoms with E-state index in [0.29, 0.717) is 0 Å². The lowest BCUT2D eigenvalue weighted by molar-refractivity contribution is -0.137. The molecule has 206 valence electrons. The summed E-state index contributed by atoms with van der Waals surface area (Å²) in [5.41, 5.74) is 9.54. The van der Waals surface area contributed by atoms with Crippen LogP contribution in [0.25, 0.3) is 11.0 Å². The van der Waals surface area contributed by atoms with E-state index in [4.69, 9.17) is 4.74 Å². The van der Waals surface area contributed by atoms with Crippen LogP contribution in [0.1, 0.15) is 64.6 Å². The number of carboxylic acid groups (broad SMARTS) is 1. The van der Waals surface area contributed by atoms with E-state index in [9.17, 15) is 9.90 Å². The van der Waals surface area contributed by atoms with Gasteiger partial charge in [-0.25, -0.2) is 4.68 Å². The SMILES string of the molecule is CCC1CN(Cc2cc(C(CC(=O)O)c3ccc4c(nnn4C)c3C)ccc2C)Cc2ccc(C)cc2O1.N. The number of carbonyl (C=O) groups is 1. The first-order chi connectivity index (χ1) is 18.2. The van der Waals surface area contributed by atoms with Crippen LogP contribution in [-0.2, 0) is 24.9 Å². The molecule has 2 unspecified atom stereocenters. The van der Waals surface area contributed by atoms with Crippen LogP contribution in [0, 0.1) is 20.8 Å². The molecule has 0 saturated heterocycles. The molecule has 1 aliphatic heterocycles. The van der Waals surface area contributed by atoms with E-state index in [-0.39, 0.29) is 24.6 Å². The summed E-state index contributed by atoms with van der Waals surface area (Å²) >= 11 is 0. The lowest BCUT2D eigenvalue weighted by Crippen LogP contribution is -2.32. The molecule has 0 spiro atoms. The maximum Gasteiger partial charge on any atom is 0.304 e. The normalized spacial score (nSPS) is 16.2. The van der Waals surface area contributed by atoms with Gasteiger partial charge in [0, 0.05) is 38.2 Å². The largest absolute Gasteiger partial charge is 0.489 e. The van der Waals surface area contributed by atoms with Gasteiger partial charge in [-0.15, -0.1) is 5.10 Å². The zero-order valence-corrected chi connectivity index (χ0v) is 23.6. The lowest BCUT2D eigenvalue weighted by Gasteiger charge is -2.25. The third-order valence-electron chi connectivity index (χ3n) is 7.83. The van der Waals surface area contributed by atoms with Crippen molar-refractivity contribution in [2.45, 2.75) is 65.6 Å². The van der Waals surface area contributed by atoms with Crippen molar-refractivity contribution in [3.63, 3.8) is 0 Å². The van der Waals surface area contributed by atoms with Crippen molar-refractivity contribution in [3.05, 3.63) is 87.5 Å². The number of rotatable bonds is 7. The molecular formula is C31H39N5O3. The molecule has 2 atom stereocenters. The van der Waals surface area contributed by atoms with Gasteiger partial charge < -0.3 is 16.0 Å². The number of nitrogens with zero attached hydrogens (tertiary/aromatic N) is 4. The molecule has 4 aromatic rings. The van der Waals surface area contributed by atoms with Gasteiger partial charge >= 0.3 is 5.97 Å². The number of hydrogen-bond donors (Lipinski definition) is 2. The second-order valence-electron chi connectivity index (χ2n) is 10.6. The van der Waals surface area contributed by atoms with E-state index in [1.807, 2.05) is 26.1 Å². The van der Waals surface area contributed by atoms with Gasteiger partial charge in [0.1, 0.15) is 17.4 Å². The number of benzene rings is 3. The zero-order valence-electron chi connectivity index (χ0n) is 23.6. The van der Waals surface area contributed by atoms with Crippen molar-refractivity contribution < 1.29 is 14.6 Å². The van der Waals surface area contributed by atoms with Gasteiger partial charge in [-0.2, -0.15) is 0 Å². The van der Waals surface area contributed by atoms with Gasteiger partial charge in [-0.1, -0.05) is 48.5 Å². The standard InChI is InChI=1S/C31H36N4O3.H3N/c1-6-25-18-35(16-23-9-7-19(2)13-29(23)38-25)17-24-14-22(10-8-20(24)3)27(15-30(36)37)26-11-12-28-31(21(26)4)32-33-34(28)5;/h7-14,25,27H,6,15-18H2,1-5H3,(H,36,37);1H3. The lowest BCUT2D eigenvalue weighted by atomic mass is 9.84. The van der Waals surface area contributed by atoms with Gasteiger partial charge in [-0.3, -0.25) is 9.69 Å². The third-order valence-corrected chi connectivity index (χ3v) is 7.83. The molecule has 0 fully saturated rings. The van der Waals surface area contributed by atoms with Gasteiger partial charge in [-0.05, 0) is 72.7 Å². The van der Waals surface area contributed by atoms with Gasteiger partial charge in [0.15, 0.2) is 0 Å². The Balaban J connectivity index is 0.00000353. The highest BCUT2D eigenvalue weighted by Gasteiger charge is 2.25. The molecule has 39 heavy (non-hydrogen) atoms. The van der Waals surface area contributed by atoms with Crippen molar-refractivity contribution in [1.29, 1.82) is 0 Å². The Morgan fingerprint density at radius 1 is 1.13 bits per heavy atom. The Kier molecular flexibility index (Phi) is 8.37. The minimum Gasteiger partial charge on any atom is -0.489 e. The number of aromatic nitrogens is 3. The zero-order chi connectivity index (χ0) is 27.0. The third kappa shape index (κ3) is 5.82. The van der Waals surface area contributed by atoms with Crippen molar-refractivity contribution in [1.82, 2.24) is 26.0 Å². The molecule has 8 heteroatoms. The number of ether oxygens (including phenoxy) is 1. The van der Waals surface area contributed by atoms with Crippen LogP contribution >= 0.6 is 0 Å². The second kappa shape index (κ2) is 11.6. The Labute approximate surface area is 230 Å². The van der Waals surface area contributed by atoms with Crippen LogP contribution < -0.4 is 10.9 Å². The van der Waals surface area contributed by atoms with Crippen LogP contribution in [0.5, 0.6) is 5.75 Å². The maximum absolute atomic E-state index is 12.0. The molecular weight excluding hydrogens is 490 g/mol. The molecule has 0 bridgehead atoms. The fourth-order valence-corrected chi connectivity index (χ4v) is 5.57. The van der Waals surface area contributed by atoms with Crippen LogP contribution in [0.15, 0.2) is 48.5 Å². The van der Waals surface area contributed by atoms with E-state index < -0.39 is 5.97 Å². The molecule has 0 aliphatic carbocycles. The summed E-state index contributed by atoms with van der Waals surface area (Å²) in [4.78, 5) is 14.4. The Hall–Kier alpha value is -3.75. The highest BCUT2D eigenvalue weighted by molar-refractivity contribution is 5.80. The first-order valence-electron chi connectivity index (χ1n) is 13.3. The van der Waals surface area contributed by atoms with Crippen LogP contribution in [0.3, 0.4) is 0 Å². The van der Waals surface area contributed by atoms with Crippen LogP contribution in [0.2, 0.25) is 0 Å². The van der Waals surface area contributed by atoms with Crippen LogP contribution in [-0.4, -0.2) is 43.6 Å². The molecule has 1 aromatic heterocycles. The monoisotopic (exact) mass is 529 g/mol. The first kappa shape index (κ1) is 28.3. The summed E-state index contributed by atoms with van der Waals surface area (Å²) in [5.74, 6) is -0.114. The van der Waals surface area contributed by atoms with Crippen molar-refractivity contribution in [2.75, 3.05) is 6.54 Å². The fraction of sp³-hybridized carbons (Fsp3) is 0.387. The summed E-state index contributed by atoms with van der Waals surface area (Å²) in [6.07, 6.45) is 1.08. The highest BCUT2D eigenvalue weighted by atomic mass is 16.5. The second-order valence-corrected chi connectivity index (χ2v) is 10.6. The Morgan fingerprint density at radius 2 is 1.92 bits per heavy atom. The van der Waals surface area contributed by atoms with Crippen molar-refractivity contribution >= 4 is 17.0 Å². The average molecular weight is 530 g/mol. The minimum atomic E-state index is -0.821. The van der Waals surface area contributed by atoms with Crippen LogP contribution in [0.4, 0.5) is 0 Å². The summed E-state index contributed by atoms with van der Waals surface area (Å²) in [6.45, 7) is 10.8. The quantitative estimate of drug-likeness (QED) is 0.309. The molecule has 0 radical (unpaired) electrons. The summed E-state index contributed by atoms with van der Waals surface area (Å²) in [5, 5.41) is 18.3. The molecule has 1 aliphatic rings. The minimum absolute atomic E-state index is 0. The molecule has 5 rings (SSSR count). The molecule has 0 amide bonds. The van der Waals surface area contributed by atoms with Gasteiger partial charge in [0.25, 0.3) is 0 Å². The summed E-state index contributed by atoms with van der Waals surface area (Å²) < 4.78 is 8.13. The Bertz CT molecular complexity index is 1500. The Morgan fingerprint density at radius 3 is 2.67 bits per heavy atom. The van der Waals surface area contributed by atoms with E-state index >= 15 is 0 Å². The summed E-state index contributed by atoms with van der Waals surface area (Å²) in [6, 6.07) is 16.9. The summed E-state index contributed by atoms with van der Waals surface area (Å²) in [7, 11) is 1.87. The van der Waals surface area contributed by atoms with Crippen molar-refractivity contribution in [3.8, 4) is 5.75 Å². The maximum atomic E-state index is 12.0. The molecule has 0 saturated carbocycles. The van der Waals surface area contributed by atoms with Crippen molar-refractivity contribution in [2.24, 2.45) is 7.05 Å². The van der Waals surface area contributed by atoms with E-state index in [0.717, 1.165) is 59.5 Å². The predicted molar refractivity (Wildman–Crippen MR) is 154 cm³/mol. The number of aliphatic carboxylic acids is 1. The fourth-order valence-electron chi connectivity index (χ4n) is 5.57. The topological polar surface area (TPSA) is 115 Å². The number of fused-ring (bicyclic) bond motifs is 2. The molecule has 2 heterocycles.